The first-order valence-corrected chi connectivity index (χ1v) is 9.88. The lowest BCUT2D eigenvalue weighted by Crippen LogP contribution is -2.35. The second kappa shape index (κ2) is 6.76. The smallest absolute Gasteiger partial charge is 0.283 e. The van der Waals surface area contributed by atoms with Crippen LogP contribution in [-0.4, -0.2) is 31.5 Å². The Balaban J connectivity index is 1.81. The minimum Gasteiger partial charge on any atom is -0.318 e. The SMILES string of the molecule is CC1=NN2C(=N)C(=Cc3cc(C)n(-c4cccc(Cl)c4C)c3C)C(=O)N=C2S1. The van der Waals surface area contributed by atoms with E-state index in [9.17, 15) is 4.79 Å². The van der Waals surface area contributed by atoms with E-state index in [1.165, 1.54) is 16.8 Å². The highest BCUT2D eigenvalue weighted by molar-refractivity contribution is 8.26. The summed E-state index contributed by atoms with van der Waals surface area (Å²) in [6.45, 7) is 7.80. The van der Waals surface area contributed by atoms with Gasteiger partial charge in [-0.2, -0.15) is 15.1 Å². The van der Waals surface area contributed by atoms with E-state index in [-0.39, 0.29) is 11.4 Å². The van der Waals surface area contributed by atoms with Gasteiger partial charge in [-0.3, -0.25) is 10.2 Å². The van der Waals surface area contributed by atoms with Gasteiger partial charge in [-0.1, -0.05) is 17.7 Å². The maximum absolute atomic E-state index is 12.5. The molecule has 0 saturated heterocycles. The molecule has 0 spiro atoms. The van der Waals surface area contributed by atoms with Crippen LogP contribution >= 0.6 is 23.4 Å². The van der Waals surface area contributed by atoms with Gasteiger partial charge < -0.3 is 4.57 Å². The molecule has 0 radical (unpaired) electrons. The summed E-state index contributed by atoms with van der Waals surface area (Å²) >= 11 is 7.60. The number of halogens is 1. The highest BCUT2D eigenvalue weighted by Gasteiger charge is 2.34. The normalized spacial score (nSPS) is 17.9. The third kappa shape index (κ3) is 2.91. The molecule has 0 fully saturated rings. The Morgan fingerprint density at radius 1 is 1.21 bits per heavy atom. The summed E-state index contributed by atoms with van der Waals surface area (Å²) in [4.78, 5) is 16.6. The number of carbonyl (C=O) groups excluding carboxylic acids is 1. The lowest BCUT2D eigenvalue weighted by molar-refractivity contribution is -0.114. The molecule has 1 N–H and O–H groups in total. The van der Waals surface area contributed by atoms with Crippen LogP contribution in [-0.2, 0) is 4.79 Å². The third-order valence-electron chi connectivity index (χ3n) is 4.81. The molecule has 1 aromatic heterocycles. The van der Waals surface area contributed by atoms with E-state index in [0.717, 1.165) is 33.2 Å². The first-order valence-electron chi connectivity index (χ1n) is 8.69. The molecule has 1 aromatic carbocycles. The van der Waals surface area contributed by atoms with Gasteiger partial charge in [0.1, 0.15) is 0 Å². The minimum atomic E-state index is -0.419. The molecule has 8 heteroatoms. The Hall–Kier alpha value is -2.64. The van der Waals surface area contributed by atoms with Crippen LogP contribution in [0.1, 0.15) is 29.4 Å². The molecule has 0 saturated carbocycles. The average molecular weight is 412 g/mol. The van der Waals surface area contributed by atoms with Crippen LogP contribution < -0.4 is 0 Å². The molecule has 6 nitrogen and oxygen atoms in total. The fourth-order valence-electron chi connectivity index (χ4n) is 3.39. The zero-order valence-electron chi connectivity index (χ0n) is 15.9. The van der Waals surface area contributed by atoms with Gasteiger partial charge in [0.05, 0.1) is 10.6 Å². The fourth-order valence-corrected chi connectivity index (χ4v) is 4.29. The van der Waals surface area contributed by atoms with Crippen molar-refractivity contribution < 1.29 is 4.79 Å². The van der Waals surface area contributed by atoms with Crippen LogP contribution in [0, 0.1) is 26.2 Å². The van der Waals surface area contributed by atoms with Crippen molar-refractivity contribution in [3.8, 4) is 5.69 Å². The molecule has 0 unspecified atom stereocenters. The second-order valence-electron chi connectivity index (χ2n) is 6.68. The number of amidine groups is 2. The summed E-state index contributed by atoms with van der Waals surface area (Å²) in [7, 11) is 0. The molecule has 142 valence electrons. The van der Waals surface area contributed by atoms with Crippen molar-refractivity contribution in [3.63, 3.8) is 0 Å². The Kier molecular flexibility index (Phi) is 4.51. The minimum absolute atomic E-state index is 0.0445. The Labute approximate surface area is 172 Å². The summed E-state index contributed by atoms with van der Waals surface area (Å²) in [5, 5.41) is 16.0. The number of nitrogens with one attached hydrogen (secondary N) is 1. The number of aryl methyl sites for hydroxylation is 1. The Morgan fingerprint density at radius 3 is 2.71 bits per heavy atom. The van der Waals surface area contributed by atoms with Crippen LogP contribution in [0.3, 0.4) is 0 Å². The molecule has 4 rings (SSSR count). The zero-order chi connectivity index (χ0) is 20.2. The van der Waals surface area contributed by atoms with E-state index in [0.29, 0.717) is 10.2 Å². The molecule has 0 aliphatic carbocycles. The molecule has 2 aromatic rings. The average Bonchev–Trinajstić information content (AvgIpc) is 3.13. The van der Waals surface area contributed by atoms with Gasteiger partial charge in [0.25, 0.3) is 5.91 Å². The predicted octanol–water partition coefficient (Wildman–Crippen LogP) is 4.70. The number of hydrogen-bond acceptors (Lipinski definition) is 4. The lowest BCUT2D eigenvalue weighted by atomic mass is 10.1. The van der Waals surface area contributed by atoms with Crippen LogP contribution in [0.15, 0.2) is 39.9 Å². The highest BCUT2D eigenvalue weighted by Crippen LogP contribution is 2.31. The van der Waals surface area contributed by atoms with Gasteiger partial charge in [-0.15, -0.1) is 0 Å². The fraction of sp³-hybridized carbons (Fsp3) is 0.200. The molecular weight excluding hydrogens is 394 g/mol. The van der Waals surface area contributed by atoms with Gasteiger partial charge in [-0.05, 0) is 74.9 Å². The number of hydrogen-bond donors (Lipinski definition) is 1. The van der Waals surface area contributed by atoms with Gasteiger partial charge in [0, 0.05) is 22.1 Å². The highest BCUT2D eigenvalue weighted by atomic mass is 35.5. The number of fused-ring (bicyclic) bond motifs is 1. The largest absolute Gasteiger partial charge is 0.318 e. The van der Waals surface area contributed by atoms with Crippen LogP contribution in [0.2, 0.25) is 5.02 Å². The second-order valence-corrected chi connectivity index (χ2v) is 8.25. The first kappa shape index (κ1) is 18.7. The number of carbonyl (C=O) groups is 1. The van der Waals surface area contributed by atoms with E-state index in [2.05, 4.69) is 14.7 Å². The molecule has 1 amide bonds. The predicted molar refractivity (Wildman–Crippen MR) is 116 cm³/mol. The topological polar surface area (TPSA) is 73.8 Å². The molecule has 3 heterocycles. The van der Waals surface area contributed by atoms with Crippen molar-refractivity contribution in [2.24, 2.45) is 10.1 Å². The number of rotatable bonds is 2. The number of benzene rings is 1. The van der Waals surface area contributed by atoms with E-state index in [1.807, 2.05) is 52.0 Å². The number of hydrazone groups is 1. The van der Waals surface area contributed by atoms with Crippen molar-refractivity contribution in [2.75, 3.05) is 0 Å². The van der Waals surface area contributed by atoms with Crippen molar-refractivity contribution in [2.45, 2.75) is 27.7 Å². The van der Waals surface area contributed by atoms with E-state index in [1.54, 1.807) is 6.08 Å². The maximum atomic E-state index is 12.5. The maximum Gasteiger partial charge on any atom is 0.283 e. The molecule has 0 bridgehead atoms. The van der Waals surface area contributed by atoms with Crippen molar-refractivity contribution >= 4 is 51.4 Å². The summed E-state index contributed by atoms with van der Waals surface area (Å²) in [6.07, 6.45) is 1.72. The van der Waals surface area contributed by atoms with Crippen LogP contribution in [0.25, 0.3) is 11.8 Å². The molecule has 2 aliphatic heterocycles. The van der Waals surface area contributed by atoms with E-state index in [4.69, 9.17) is 17.0 Å². The van der Waals surface area contributed by atoms with E-state index < -0.39 is 5.91 Å². The van der Waals surface area contributed by atoms with Crippen LogP contribution in [0.5, 0.6) is 0 Å². The summed E-state index contributed by atoms with van der Waals surface area (Å²) in [5.74, 6) is -0.375. The first-order chi connectivity index (χ1) is 13.3. The number of nitrogens with zero attached hydrogens (tertiary/aromatic N) is 4. The summed E-state index contributed by atoms with van der Waals surface area (Å²) in [6, 6.07) is 7.80. The molecule has 0 atom stereocenters. The standard InChI is InChI=1S/C20H18ClN5OS/c1-10-8-14(12(3)25(10)17-7-5-6-16(21)11(17)2)9-15-18(22)26-20(23-19(15)27)28-13(4)24-26/h5-9,22H,1-4H3. The number of thioether (sulfide) groups is 1. The zero-order valence-corrected chi connectivity index (χ0v) is 17.4. The van der Waals surface area contributed by atoms with Gasteiger partial charge >= 0.3 is 0 Å². The van der Waals surface area contributed by atoms with Gasteiger partial charge in [0.15, 0.2) is 5.84 Å². The number of aliphatic imine (C=N–C) groups is 1. The van der Waals surface area contributed by atoms with E-state index >= 15 is 0 Å². The molecule has 2 aliphatic rings. The molecule has 28 heavy (non-hydrogen) atoms. The summed E-state index contributed by atoms with van der Waals surface area (Å²) < 4.78 is 2.10. The quantitative estimate of drug-likeness (QED) is 0.728. The molecular formula is C20H18ClN5OS. The van der Waals surface area contributed by atoms with Crippen molar-refractivity contribution in [1.29, 1.82) is 5.41 Å². The third-order valence-corrected chi connectivity index (χ3v) is 6.04. The monoisotopic (exact) mass is 411 g/mol. The lowest BCUT2D eigenvalue weighted by Gasteiger charge is -2.20. The van der Waals surface area contributed by atoms with Crippen LogP contribution in [0.4, 0.5) is 0 Å². The number of amides is 1. The Morgan fingerprint density at radius 2 is 1.96 bits per heavy atom. The number of aromatic nitrogens is 1. The van der Waals surface area contributed by atoms with Gasteiger partial charge in [0.2, 0.25) is 5.17 Å². The summed E-state index contributed by atoms with van der Waals surface area (Å²) in [5.41, 5.74) is 5.04. The van der Waals surface area contributed by atoms with Crippen molar-refractivity contribution in [3.05, 3.63) is 57.4 Å². The van der Waals surface area contributed by atoms with Crippen molar-refractivity contribution in [1.82, 2.24) is 9.58 Å². The Bertz CT molecular complexity index is 1140. The van der Waals surface area contributed by atoms with Gasteiger partial charge in [-0.25, -0.2) is 0 Å².